The average Bonchev–Trinajstić information content (AvgIpc) is 3.36. The predicted octanol–water partition coefficient (Wildman–Crippen LogP) is 3.16. The van der Waals surface area contributed by atoms with Crippen LogP contribution in [-0.4, -0.2) is 44.8 Å². The Labute approximate surface area is 165 Å². The second-order valence-electron chi connectivity index (χ2n) is 8.19. The molecule has 1 saturated heterocycles. The van der Waals surface area contributed by atoms with E-state index in [9.17, 15) is 14.7 Å². The second kappa shape index (κ2) is 7.78. The van der Waals surface area contributed by atoms with Crippen molar-refractivity contribution in [3.05, 3.63) is 54.4 Å². The Morgan fingerprint density at radius 2 is 2.04 bits per heavy atom. The van der Waals surface area contributed by atoms with Gasteiger partial charge in [0.25, 0.3) is 0 Å². The van der Waals surface area contributed by atoms with Crippen LogP contribution in [0.25, 0.3) is 0 Å². The van der Waals surface area contributed by atoms with Crippen molar-refractivity contribution in [2.75, 3.05) is 13.1 Å². The molecule has 0 spiro atoms. The lowest BCUT2D eigenvalue weighted by Gasteiger charge is -2.38. The lowest BCUT2D eigenvalue weighted by Crippen LogP contribution is -2.43. The number of carbonyl (C=O) groups excluding carboxylic acids is 1. The summed E-state index contributed by atoms with van der Waals surface area (Å²) in [5.41, 5.74) is 0.508. The lowest BCUT2D eigenvalue weighted by atomic mass is 9.64. The number of benzene rings is 1. The number of hydrogen-bond donors (Lipinski definition) is 1. The average molecular weight is 381 g/mol. The van der Waals surface area contributed by atoms with Crippen LogP contribution in [0, 0.1) is 11.3 Å². The molecule has 148 valence electrons. The topological polar surface area (TPSA) is 75.4 Å². The number of aromatic nitrogens is 2. The van der Waals surface area contributed by atoms with Gasteiger partial charge in [-0.05, 0) is 49.1 Å². The third-order valence-corrected chi connectivity index (χ3v) is 6.59. The van der Waals surface area contributed by atoms with E-state index in [2.05, 4.69) is 17.2 Å². The highest BCUT2D eigenvalue weighted by Crippen LogP contribution is 2.51. The van der Waals surface area contributed by atoms with E-state index in [1.807, 2.05) is 35.1 Å². The normalized spacial score (nSPS) is 26.8. The number of aliphatic carboxylic acids is 1. The Morgan fingerprint density at radius 1 is 1.21 bits per heavy atom. The van der Waals surface area contributed by atoms with Crippen molar-refractivity contribution in [3.8, 4) is 0 Å². The highest BCUT2D eigenvalue weighted by molar-refractivity contribution is 5.81. The number of rotatable bonds is 6. The molecule has 28 heavy (non-hydrogen) atoms. The molecule has 2 fully saturated rings. The Bertz CT molecular complexity index is 821. The van der Waals surface area contributed by atoms with Crippen molar-refractivity contribution >= 4 is 11.9 Å². The molecule has 1 saturated carbocycles. The van der Waals surface area contributed by atoms with Gasteiger partial charge in [0.05, 0.1) is 5.41 Å². The highest BCUT2D eigenvalue weighted by Gasteiger charge is 2.55. The number of likely N-dealkylation sites (tertiary alicyclic amines) is 1. The highest BCUT2D eigenvalue weighted by atomic mass is 16.4. The number of carboxylic acid groups (broad SMARTS) is 1. The summed E-state index contributed by atoms with van der Waals surface area (Å²) in [6.07, 6.45) is 7.12. The van der Waals surface area contributed by atoms with Gasteiger partial charge in [-0.1, -0.05) is 30.3 Å². The lowest BCUT2D eigenvalue weighted by molar-refractivity contribution is -0.152. The van der Waals surface area contributed by atoms with E-state index in [1.54, 1.807) is 11.1 Å². The third-order valence-electron chi connectivity index (χ3n) is 6.59. The minimum absolute atomic E-state index is 0.0269. The Kier molecular flexibility index (Phi) is 5.20. The fraction of sp³-hybridized carbons (Fsp3) is 0.500. The van der Waals surface area contributed by atoms with Crippen LogP contribution in [0.5, 0.6) is 0 Å². The SMILES string of the molecule is O=C(CCCn1cccn1)N1C[C@@H]2C[C@@H](c3ccccc3)CC[C@]2(C(=O)O)C1. The Balaban J connectivity index is 1.41. The van der Waals surface area contributed by atoms with Gasteiger partial charge in [-0.3, -0.25) is 14.3 Å². The maximum atomic E-state index is 12.7. The summed E-state index contributed by atoms with van der Waals surface area (Å²) in [5, 5.41) is 14.2. The quantitative estimate of drug-likeness (QED) is 0.834. The van der Waals surface area contributed by atoms with Gasteiger partial charge in [-0.25, -0.2) is 0 Å². The molecule has 1 aliphatic carbocycles. The molecule has 0 bridgehead atoms. The fourth-order valence-corrected chi connectivity index (χ4v) is 5.00. The first kappa shape index (κ1) is 18.7. The fourth-order valence-electron chi connectivity index (χ4n) is 5.00. The molecular formula is C22H27N3O3. The zero-order valence-corrected chi connectivity index (χ0v) is 16.0. The second-order valence-corrected chi connectivity index (χ2v) is 8.19. The molecule has 0 unspecified atom stereocenters. The van der Waals surface area contributed by atoms with Gasteiger partial charge in [-0.15, -0.1) is 0 Å². The van der Waals surface area contributed by atoms with Crippen LogP contribution in [0.3, 0.4) is 0 Å². The van der Waals surface area contributed by atoms with E-state index in [1.165, 1.54) is 5.56 Å². The van der Waals surface area contributed by atoms with Crippen LogP contribution >= 0.6 is 0 Å². The molecule has 2 aliphatic rings. The van der Waals surface area contributed by atoms with Gasteiger partial charge >= 0.3 is 5.97 Å². The van der Waals surface area contributed by atoms with Crippen LogP contribution in [0.4, 0.5) is 0 Å². The number of aryl methyl sites for hydroxylation is 1. The van der Waals surface area contributed by atoms with Gasteiger partial charge in [0.2, 0.25) is 5.91 Å². The molecule has 1 aromatic carbocycles. The summed E-state index contributed by atoms with van der Waals surface area (Å²) in [6.45, 7) is 1.63. The van der Waals surface area contributed by atoms with Gasteiger partial charge in [0, 0.05) is 38.4 Å². The summed E-state index contributed by atoms with van der Waals surface area (Å²) >= 11 is 0. The minimum Gasteiger partial charge on any atom is -0.481 e. The molecular weight excluding hydrogens is 354 g/mol. The van der Waals surface area contributed by atoms with Gasteiger partial charge in [-0.2, -0.15) is 5.10 Å². The van der Waals surface area contributed by atoms with E-state index in [4.69, 9.17) is 0 Å². The Hall–Kier alpha value is -2.63. The monoisotopic (exact) mass is 381 g/mol. The number of carboxylic acids is 1. The molecule has 1 aromatic heterocycles. The van der Waals surface area contributed by atoms with E-state index < -0.39 is 11.4 Å². The van der Waals surface area contributed by atoms with E-state index in [-0.39, 0.29) is 11.8 Å². The van der Waals surface area contributed by atoms with E-state index in [0.717, 1.165) is 12.8 Å². The van der Waals surface area contributed by atoms with Gasteiger partial charge in [0.1, 0.15) is 0 Å². The van der Waals surface area contributed by atoms with Crippen molar-refractivity contribution in [3.63, 3.8) is 0 Å². The molecule has 6 heteroatoms. The number of carbonyl (C=O) groups is 2. The largest absolute Gasteiger partial charge is 0.481 e. The summed E-state index contributed by atoms with van der Waals surface area (Å²) in [6, 6.07) is 12.2. The molecule has 1 aliphatic heterocycles. The van der Waals surface area contributed by atoms with E-state index >= 15 is 0 Å². The maximum Gasteiger partial charge on any atom is 0.311 e. The summed E-state index contributed by atoms with van der Waals surface area (Å²) in [4.78, 5) is 26.7. The molecule has 2 aromatic rings. The third kappa shape index (κ3) is 3.55. The maximum absolute atomic E-state index is 12.7. The first-order valence-corrected chi connectivity index (χ1v) is 10.1. The predicted molar refractivity (Wildman–Crippen MR) is 105 cm³/mol. The molecule has 0 radical (unpaired) electrons. The van der Waals surface area contributed by atoms with Crippen molar-refractivity contribution in [1.29, 1.82) is 0 Å². The first-order chi connectivity index (χ1) is 13.6. The van der Waals surface area contributed by atoms with Crippen molar-refractivity contribution in [2.24, 2.45) is 11.3 Å². The number of nitrogens with zero attached hydrogens (tertiary/aromatic N) is 3. The molecule has 6 nitrogen and oxygen atoms in total. The molecule has 4 rings (SSSR count). The molecule has 1 amide bonds. The zero-order valence-electron chi connectivity index (χ0n) is 16.0. The van der Waals surface area contributed by atoms with Crippen LogP contribution in [0.1, 0.15) is 43.6 Å². The zero-order chi connectivity index (χ0) is 19.6. The summed E-state index contributed by atoms with van der Waals surface area (Å²) in [7, 11) is 0. The summed E-state index contributed by atoms with van der Waals surface area (Å²) in [5.74, 6) is -0.262. The van der Waals surface area contributed by atoms with Crippen LogP contribution in [0.2, 0.25) is 0 Å². The van der Waals surface area contributed by atoms with Crippen molar-refractivity contribution in [1.82, 2.24) is 14.7 Å². The van der Waals surface area contributed by atoms with Crippen LogP contribution in [-0.2, 0) is 16.1 Å². The van der Waals surface area contributed by atoms with Gasteiger partial charge in [0.15, 0.2) is 0 Å². The molecule has 2 heterocycles. The number of amides is 1. The van der Waals surface area contributed by atoms with Crippen LogP contribution in [0.15, 0.2) is 48.8 Å². The molecule has 3 atom stereocenters. The smallest absolute Gasteiger partial charge is 0.311 e. The van der Waals surface area contributed by atoms with Crippen LogP contribution < -0.4 is 0 Å². The van der Waals surface area contributed by atoms with Crippen molar-refractivity contribution < 1.29 is 14.7 Å². The standard InChI is InChI=1S/C22H27N3O3/c26-20(8-4-12-25-13-5-11-23-25)24-15-19-14-18(17-6-2-1-3-7-17)9-10-22(19,16-24)21(27)28/h1-3,5-7,11,13,18-19H,4,8-10,12,14-16H2,(H,27,28)/t18-,19-,22-/m0/s1. The van der Waals surface area contributed by atoms with Gasteiger partial charge < -0.3 is 10.0 Å². The number of hydrogen-bond acceptors (Lipinski definition) is 3. The first-order valence-electron chi connectivity index (χ1n) is 10.1. The number of fused-ring (bicyclic) bond motifs is 1. The van der Waals surface area contributed by atoms with E-state index in [0.29, 0.717) is 44.8 Å². The minimum atomic E-state index is -0.775. The summed E-state index contributed by atoms with van der Waals surface area (Å²) < 4.78 is 1.82. The Morgan fingerprint density at radius 3 is 2.75 bits per heavy atom. The van der Waals surface area contributed by atoms with Crippen molar-refractivity contribution in [2.45, 2.75) is 44.6 Å². The molecule has 1 N–H and O–H groups in total.